The zero-order valence-electron chi connectivity index (χ0n) is 17.3. The Balaban J connectivity index is 1.99. The molecule has 156 valence electrons. The molecule has 2 aromatic carbocycles. The van der Waals surface area contributed by atoms with Crippen LogP contribution in [0.15, 0.2) is 36.4 Å². The Morgan fingerprint density at radius 2 is 1.52 bits per heavy atom. The third-order valence-electron chi connectivity index (χ3n) is 4.02. The van der Waals surface area contributed by atoms with Crippen molar-refractivity contribution >= 4 is 12.0 Å². The zero-order chi connectivity index (χ0) is 21.2. The second-order valence-electron chi connectivity index (χ2n) is 5.89. The summed E-state index contributed by atoms with van der Waals surface area (Å²) < 4.78 is 32.0. The summed E-state index contributed by atoms with van der Waals surface area (Å²) in [4.78, 5) is 12.1. The van der Waals surface area contributed by atoms with E-state index in [2.05, 4.69) is 0 Å². The van der Waals surface area contributed by atoms with E-state index in [9.17, 15) is 4.79 Å². The number of carbonyl (C=O) groups excluding carboxylic acids is 1. The molecule has 0 saturated carbocycles. The number of ether oxygens (including phenoxy) is 6. The average Bonchev–Trinajstić information content (AvgIpc) is 2.75. The lowest BCUT2D eigenvalue weighted by atomic mass is 10.2. The lowest BCUT2D eigenvalue weighted by Crippen LogP contribution is -2.15. The van der Waals surface area contributed by atoms with Crippen molar-refractivity contribution in [2.24, 2.45) is 0 Å². The Morgan fingerprint density at radius 1 is 0.862 bits per heavy atom. The molecular weight excluding hydrogens is 376 g/mol. The minimum Gasteiger partial charge on any atom is -0.493 e. The van der Waals surface area contributed by atoms with Crippen molar-refractivity contribution in [3.63, 3.8) is 0 Å². The lowest BCUT2D eigenvalue weighted by Gasteiger charge is -2.14. The van der Waals surface area contributed by atoms with Gasteiger partial charge in [0.25, 0.3) is 0 Å². The highest BCUT2D eigenvalue weighted by Gasteiger charge is 2.15. The Morgan fingerprint density at radius 3 is 2.07 bits per heavy atom. The Labute approximate surface area is 170 Å². The van der Waals surface area contributed by atoms with E-state index >= 15 is 0 Å². The summed E-state index contributed by atoms with van der Waals surface area (Å²) in [5.74, 6) is 1.93. The fraction of sp³-hybridized carbons (Fsp3) is 0.318. The fourth-order valence-corrected chi connectivity index (χ4v) is 2.66. The van der Waals surface area contributed by atoms with Crippen molar-refractivity contribution in [3.8, 4) is 28.7 Å². The van der Waals surface area contributed by atoms with E-state index in [4.69, 9.17) is 28.4 Å². The van der Waals surface area contributed by atoms with Gasteiger partial charge in [0.1, 0.15) is 6.61 Å². The number of esters is 1. The topological polar surface area (TPSA) is 72.5 Å². The van der Waals surface area contributed by atoms with Crippen molar-refractivity contribution in [2.75, 3.05) is 35.0 Å². The van der Waals surface area contributed by atoms with Gasteiger partial charge in [0.2, 0.25) is 5.75 Å². The molecule has 7 nitrogen and oxygen atoms in total. The van der Waals surface area contributed by atoms with Crippen molar-refractivity contribution in [3.05, 3.63) is 47.5 Å². The van der Waals surface area contributed by atoms with Gasteiger partial charge in [-0.25, -0.2) is 4.79 Å². The predicted octanol–water partition coefficient (Wildman–Crippen LogP) is 3.88. The number of carbonyl (C=O) groups is 1. The van der Waals surface area contributed by atoms with Crippen LogP contribution < -0.4 is 23.7 Å². The van der Waals surface area contributed by atoms with Crippen LogP contribution in [-0.2, 0) is 16.1 Å². The molecule has 0 aliphatic heterocycles. The van der Waals surface area contributed by atoms with E-state index in [0.717, 1.165) is 5.56 Å². The summed E-state index contributed by atoms with van der Waals surface area (Å²) in [5, 5.41) is 0. The molecule has 0 spiro atoms. The van der Waals surface area contributed by atoms with Crippen LogP contribution >= 0.6 is 0 Å². The molecule has 0 N–H and O–H groups in total. The minimum absolute atomic E-state index is 0.0380. The molecule has 2 rings (SSSR count). The maximum atomic E-state index is 12.1. The second kappa shape index (κ2) is 10.8. The third-order valence-corrected chi connectivity index (χ3v) is 4.02. The molecule has 0 aromatic heterocycles. The van der Waals surface area contributed by atoms with Gasteiger partial charge in [-0.3, -0.25) is 0 Å². The highest BCUT2D eigenvalue weighted by atomic mass is 16.6. The summed E-state index contributed by atoms with van der Waals surface area (Å²) in [5.41, 5.74) is 1.67. The summed E-state index contributed by atoms with van der Waals surface area (Å²) in [6.45, 7) is 1.72. The van der Waals surface area contributed by atoms with E-state index in [0.29, 0.717) is 34.3 Å². The number of hydrogen-bond acceptors (Lipinski definition) is 7. The van der Waals surface area contributed by atoms with Crippen molar-refractivity contribution in [1.29, 1.82) is 0 Å². The van der Waals surface area contributed by atoms with Crippen LogP contribution in [0, 0.1) is 0 Å². The molecular formula is C22H26O7. The third kappa shape index (κ3) is 5.81. The summed E-state index contributed by atoms with van der Waals surface area (Å²) in [7, 11) is 6.12. The molecule has 0 bridgehead atoms. The first-order valence-corrected chi connectivity index (χ1v) is 8.94. The summed E-state index contributed by atoms with van der Waals surface area (Å²) in [6.07, 6.45) is 3.87. The van der Waals surface area contributed by atoms with Gasteiger partial charge in [-0.15, -0.1) is 0 Å². The Hall–Kier alpha value is -3.35. The molecule has 0 atom stereocenters. The van der Waals surface area contributed by atoms with E-state index in [-0.39, 0.29) is 13.2 Å². The van der Waals surface area contributed by atoms with Crippen LogP contribution in [0.2, 0.25) is 0 Å². The molecule has 0 saturated heterocycles. The molecule has 0 unspecified atom stereocenters. The van der Waals surface area contributed by atoms with Crippen LogP contribution in [-0.4, -0.2) is 41.0 Å². The monoisotopic (exact) mass is 402 g/mol. The smallest absolute Gasteiger partial charge is 0.344 e. The fourth-order valence-electron chi connectivity index (χ4n) is 2.66. The van der Waals surface area contributed by atoms with Gasteiger partial charge in [-0.05, 0) is 42.3 Å². The quantitative estimate of drug-likeness (QED) is 0.559. The molecule has 7 heteroatoms. The molecule has 0 heterocycles. The highest BCUT2D eigenvalue weighted by Crippen LogP contribution is 2.38. The first kappa shape index (κ1) is 21.9. The number of hydrogen-bond donors (Lipinski definition) is 0. The molecule has 0 aliphatic carbocycles. The predicted molar refractivity (Wildman–Crippen MR) is 109 cm³/mol. The number of rotatable bonds is 10. The van der Waals surface area contributed by atoms with Crippen LogP contribution in [0.1, 0.15) is 18.1 Å². The van der Waals surface area contributed by atoms with Crippen LogP contribution in [0.4, 0.5) is 0 Å². The summed E-state index contributed by atoms with van der Waals surface area (Å²) >= 11 is 0. The van der Waals surface area contributed by atoms with Gasteiger partial charge in [0, 0.05) is 0 Å². The van der Waals surface area contributed by atoms with Gasteiger partial charge in [-0.2, -0.15) is 0 Å². The standard InChI is InChI=1S/C22H26O7/c1-6-7-15-8-9-17(18(10-15)24-2)28-14-21(23)29-13-16-11-19(25-3)22(27-5)20(12-16)26-4/h6-12H,13-14H2,1-5H3/b7-6+. The van der Waals surface area contributed by atoms with Crippen LogP contribution in [0.3, 0.4) is 0 Å². The van der Waals surface area contributed by atoms with E-state index in [1.807, 2.05) is 31.2 Å². The van der Waals surface area contributed by atoms with Crippen LogP contribution in [0.5, 0.6) is 28.7 Å². The minimum atomic E-state index is -0.515. The van der Waals surface area contributed by atoms with Gasteiger partial charge in [0.05, 0.1) is 28.4 Å². The van der Waals surface area contributed by atoms with E-state index in [1.54, 1.807) is 25.3 Å². The van der Waals surface area contributed by atoms with E-state index < -0.39 is 5.97 Å². The van der Waals surface area contributed by atoms with Crippen molar-refractivity contribution < 1.29 is 33.2 Å². The number of benzene rings is 2. The van der Waals surface area contributed by atoms with Gasteiger partial charge >= 0.3 is 5.97 Å². The highest BCUT2D eigenvalue weighted by molar-refractivity contribution is 5.71. The van der Waals surface area contributed by atoms with Gasteiger partial charge in [-0.1, -0.05) is 18.2 Å². The zero-order valence-corrected chi connectivity index (χ0v) is 17.3. The first-order chi connectivity index (χ1) is 14.1. The van der Waals surface area contributed by atoms with Crippen molar-refractivity contribution in [1.82, 2.24) is 0 Å². The second-order valence-corrected chi connectivity index (χ2v) is 5.89. The molecule has 0 fully saturated rings. The van der Waals surface area contributed by atoms with E-state index in [1.165, 1.54) is 21.3 Å². The Kier molecular flexibility index (Phi) is 8.21. The Bertz CT molecular complexity index is 833. The maximum Gasteiger partial charge on any atom is 0.344 e. The molecule has 0 aliphatic rings. The maximum absolute atomic E-state index is 12.1. The average molecular weight is 402 g/mol. The lowest BCUT2D eigenvalue weighted by molar-refractivity contribution is -0.147. The first-order valence-electron chi connectivity index (χ1n) is 8.94. The molecule has 0 radical (unpaired) electrons. The largest absolute Gasteiger partial charge is 0.493 e. The molecule has 0 amide bonds. The SMILES string of the molecule is C/C=C/c1ccc(OCC(=O)OCc2cc(OC)c(OC)c(OC)c2)c(OC)c1. The molecule has 29 heavy (non-hydrogen) atoms. The van der Waals surface area contributed by atoms with Crippen LogP contribution in [0.25, 0.3) is 6.08 Å². The molecule has 2 aromatic rings. The van der Waals surface area contributed by atoms with Gasteiger partial charge < -0.3 is 28.4 Å². The summed E-state index contributed by atoms with van der Waals surface area (Å²) in [6, 6.07) is 8.90. The van der Waals surface area contributed by atoms with Gasteiger partial charge in [0.15, 0.2) is 29.6 Å². The number of methoxy groups -OCH3 is 4. The van der Waals surface area contributed by atoms with Crippen molar-refractivity contribution in [2.45, 2.75) is 13.5 Å². The normalized spacial score (nSPS) is 10.5. The number of allylic oxidation sites excluding steroid dienone is 1.